The second-order valence-electron chi connectivity index (χ2n) is 7.20. The zero-order valence-corrected chi connectivity index (χ0v) is 18.7. The number of hydrogen-bond donors (Lipinski definition) is 1. The normalized spacial score (nSPS) is 13.5. The fourth-order valence-electron chi connectivity index (χ4n) is 3.52. The predicted molar refractivity (Wildman–Crippen MR) is 125 cm³/mol. The van der Waals surface area contributed by atoms with Crippen molar-refractivity contribution in [2.75, 3.05) is 43.6 Å². The summed E-state index contributed by atoms with van der Waals surface area (Å²) < 4.78 is 22.1. The fourth-order valence-corrected chi connectivity index (χ4v) is 4.14. The predicted octanol–water partition coefficient (Wildman–Crippen LogP) is 4.32. The Morgan fingerprint density at radius 3 is 2.72 bits per heavy atom. The van der Waals surface area contributed by atoms with Crippen LogP contribution in [0.25, 0.3) is 0 Å². The highest BCUT2D eigenvalue weighted by molar-refractivity contribution is 7.09. The molecule has 3 aromatic rings. The van der Waals surface area contributed by atoms with Crippen molar-refractivity contribution in [1.29, 1.82) is 0 Å². The number of methoxy groups -OCH3 is 1. The highest BCUT2D eigenvalue weighted by atomic mass is 32.1. The second kappa shape index (κ2) is 10.9. The van der Waals surface area contributed by atoms with Gasteiger partial charge in [-0.2, -0.15) is 0 Å². The van der Waals surface area contributed by atoms with Crippen molar-refractivity contribution in [3.8, 4) is 17.2 Å². The number of carbonyl (C=O) groups is 1. The molecule has 32 heavy (non-hydrogen) atoms. The lowest BCUT2D eigenvalue weighted by atomic mass is 10.2. The van der Waals surface area contributed by atoms with Crippen LogP contribution in [-0.4, -0.2) is 39.9 Å². The lowest BCUT2D eigenvalue weighted by Crippen LogP contribution is -2.36. The smallest absolute Gasteiger partial charge is 0.298 e. The third-order valence-electron chi connectivity index (χ3n) is 5.16. The molecule has 8 heteroatoms. The largest absolute Gasteiger partial charge is 0.493 e. The summed E-state index contributed by atoms with van der Waals surface area (Å²) in [6, 6.07) is 15.7. The van der Waals surface area contributed by atoms with E-state index in [0.717, 1.165) is 34.9 Å². The second-order valence-corrected chi connectivity index (χ2v) is 8.24. The zero-order chi connectivity index (χ0) is 22.2. The molecule has 0 bridgehead atoms. The first-order chi connectivity index (χ1) is 15.8. The summed E-state index contributed by atoms with van der Waals surface area (Å²) >= 11 is 1.66. The van der Waals surface area contributed by atoms with Crippen LogP contribution < -0.4 is 24.4 Å². The number of nitrogens with zero attached hydrogens (tertiary/aromatic N) is 1. The van der Waals surface area contributed by atoms with E-state index in [4.69, 9.17) is 18.9 Å². The molecule has 0 radical (unpaired) electrons. The third-order valence-corrected chi connectivity index (χ3v) is 6.01. The highest BCUT2D eigenvalue weighted by Crippen LogP contribution is 2.33. The molecule has 7 nitrogen and oxygen atoms in total. The van der Waals surface area contributed by atoms with Gasteiger partial charge in [0.2, 0.25) is 0 Å². The Balaban J connectivity index is 1.41. The minimum Gasteiger partial charge on any atom is -0.493 e. The van der Waals surface area contributed by atoms with Crippen LogP contribution >= 0.6 is 11.3 Å². The van der Waals surface area contributed by atoms with E-state index in [1.807, 2.05) is 53.9 Å². The van der Waals surface area contributed by atoms with Gasteiger partial charge in [-0.15, -0.1) is 11.3 Å². The van der Waals surface area contributed by atoms with E-state index in [-0.39, 0.29) is 0 Å². The maximum absolute atomic E-state index is 11.0. The van der Waals surface area contributed by atoms with Gasteiger partial charge in [-0.3, -0.25) is 4.79 Å². The van der Waals surface area contributed by atoms with E-state index >= 15 is 0 Å². The minimum absolute atomic E-state index is 0.461. The number of anilines is 2. The molecule has 0 unspecified atom stereocenters. The van der Waals surface area contributed by atoms with Crippen molar-refractivity contribution >= 4 is 29.2 Å². The van der Waals surface area contributed by atoms with Crippen LogP contribution in [0.15, 0.2) is 53.9 Å². The molecule has 4 rings (SSSR count). The first-order valence-electron chi connectivity index (χ1n) is 10.4. The molecule has 1 aromatic heterocycles. The average molecular weight is 455 g/mol. The van der Waals surface area contributed by atoms with Gasteiger partial charge < -0.3 is 29.2 Å². The fraction of sp³-hybridized carbons (Fsp3) is 0.292. The van der Waals surface area contributed by atoms with Crippen molar-refractivity contribution < 1.29 is 23.7 Å². The van der Waals surface area contributed by atoms with Crippen LogP contribution in [0.5, 0.6) is 17.2 Å². The van der Waals surface area contributed by atoms with Gasteiger partial charge in [0.05, 0.1) is 26.0 Å². The van der Waals surface area contributed by atoms with Crippen LogP contribution in [0.1, 0.15) is 10.4 Å². The van der Waals surface area contributed by atoms with Crippen molar-refractivity contribution in [2.45, 2.75) is 13.2 Å². The molecular formula is C24H26N2O5S. The van der Waals surface area contributed by atoms with Gasteiger partial charge in [0, 0.05) is 36.3 Å². The molecule has 0 amide bonds. The summed E-state index contributed by atoms with van der Waals surface area (Å²) in [7, 11) is 1.64. The first-order valence-corrected chi connectivity index (χ1v) is 11.3. The number of carbonyl (C=O) groups excluding carboxylic acids is 1. The van der Waals surface area contributed by atoms with Crippen molar-refractivity contribution in [3.05, 3.63) is 64.4 Å². The summed E-state index contributed by atoms with van der Waals surface area (Å²) in [6.45, 7) is 4.42. The monoisotopic (exact) mass is 454 g/mol. The SMILES string of the molecule is COc1cc(CNc2ccc(N3CCOCC3)c(OC=O)c2)ccc1OCc1cccs1. The van der Waals surface area contributed by atoms with Gasteiger partial charge in [-0.25, -0.2) is 0 Å². The van der Waals surface area contributed by atoms with Gasteiger partial charge in [0.25, 0.3) is 6.47 Å². The maximum atomic E-state index is 11.0. The Hall–Kier alpha value is -3.23. The van der Waals surface area contributed by atoms with Crippen LogP contribution in [0, 0.1) is 0 Å². The van der Waals surface area contributed by atoms with Crippen molar-refractivity contribution in [3.63, 3.8) is 0 Å². The summed E-state index contributed by atoms with van der Waals surface area (Å²) in [4.78, 5) is 14.3. The van der Waals surface area contributed by atoms with Gasteiger partial charge in [0.1, 0.15) is 6.61 Å². The first kappa shape index (κ1) is 22.0. The Morgan fingerprint density at radius 2 is 1.97 bits per heavy atom. The standard InChI is InChI=1S/C24H26N2O5S/c1-28-24-13-18(4-7-22(24)30-16-20-3-2-12-32-20)15-25-19-5-6-21(23(14-19)31-17-27)26-8-10-29-11-9-26/h2-7,12-14,17,25H,8-11,15-16H2,1H3. The summed E-state index contributed by atoms with van der Waals surface area (Å²) in [5.41, 5.74) is 2.79. The number of benzene rings is 2. The van der Waals surface area contributed by atoms with E-state index < -0.39 is 0 Å². The van der Waals surface area contributed by atoms with Gasteiger partial charge >= 0.3 is 0 Å². The van der Waals surface area contributed by atoms with E-state index in [1.54, 1.807) is 18.4 Å². The molecule has 1 fully saturated rings. The average Bonchev–Trinajstić information content (AvgIpc) is 3.36. The van der Waals surface area contributed by atoms with Crippen LogP contribution in [0.4, 0.5) is 11.4 Å². The van der Waals surface area contributed by atoms with Gasteiger partial charge in [0.15, 0.2) is 17.2 Å². The molecule has 1 aliphatic heterocycles. The van der Waals surface area contributed by atoms with Crippen LogP contribution in [-0.2, 0) is 22.7 Å². The Bertz CT molecular complexity index is 1020. The van der Waals surface area contributed by atoms with Crippen LogP contribution in [0.3, 0.4) is 0 Å². The summed E-state index contributed by atoms with van der Waals surface area (Å²) in [6.07, 6.45) is 0. The van der Waals surface area contributed by atoms with Crippen molar-refractivity contribution in [1.82, 2.24) is 0 Å². The molecule has 2 heterocycles. The minimum atomic E-state index is 0.461. The molecule has 1 saturated heterocycles. The number of ether oxygens (including phenoxy) is 4. The molecule has 168 valence electrons. The van der Waals surface area contributed by atoms with E-state index in [2.05, 4.69) is 10.2 Å². The Kier molecular flexibility index (Phi) is 7.47. The van der Waals surface area contributed by atoms with E-state index in [1.165, 1.54) is 0 Å². The number of thiophene rings is 1. The maximum Gasteiger partial charge on any atom is 0.298 e. The summed E-state index contributed by atoms with van der Waals surface area (Å²) in [5.74, 6) is 1.93. The molecule has 0 aliphatic carbocycles. The molecule has 2 aromatic carbocycles. The van der Waals surface area contributed by atoms with E-state index in [9.17, 15) is 4.79 Å². The van der Waals surface area contributed by atoms with Gasteiger partial charge in [-0.05, 0) is 41.3 Å². The van der Waals surface area contributed by atoms with Crippen LogP contribution in [0.2, 0.25) is 0 Å². The zero-order valence-electron chi connectivity index (χ0n) is 17.9. The topological polar surface area (TPSA) is 69.3 Å². The number of nitrogens with one attached hydrogen (secondary N) is 1. The van der Waals surface area contributed by atoms with Gasteiger partial charge in [-0.1, -0.05) is 12.1 Å². The highest BCUT2D eigenvalue weighted by Gasteiger charge is 2.16. The number of rotatable bonds is 10. The quantitative estimate of drug-likeness (QED) is 0.458. The lowest BCUT2D eigenvalue weighted by Gasteiger charge is -2.30. The molecule has 0 atom stereocenters. The molecule has 1 N–H and O–H groups in total. The lowest BCUT2D eigenvalue weighted by molar-refractivity contribution is -0.120. The molecule has 0 saturated carbocycles. The van der Waals surface area contributed by atoms with Crippen molar-refractivity contribution in [2.24, 2.45) is 0 Å². The number of hydrogen-bond acceptors (Lipinski definition) is 8. The summed E-state index contributed by atoms with van der Waals surface area (Å²) in [5, 5.41) is 5.41. The molecule has 1 aliphatic rings. The molecule has 0 spiro atoms. The Morgan fingerprint density at radius 1 is 1.09 bits per heavy atom. The third kappa shape index (κ3) is 5.52. The van der Waals surface area contributed by atoms with E-state index in [0.29, 0.717) is 50.1 Å². The molecular weight excluding hydrogens is 428 g/mol. The Labute approximate surface area is 191 Å². The number of morpholine rings is 1.